The third-order valence-corrected chi connectivity index (χ3v) is 13.2. The topological polar surface area (TPSA) is 38.9 Å². The third kappa shape index (κ3) is 5.00. The SMILES string of the molecule is c1ccc(-c2ccccc2-c2cc(-c3ccc4c(c3)oc3ccccc34)nc(-c3ccc4c(c3)-c3ccccc3-c3ccccc3C43c4ccccc4-c4ccccc43)n2)cc1. The molecule has 0 aliphatic heterocycles. The fourth-order valence-electron chi connectivity index (χ4n) is 10.5. The van der Waals surface area contributed by atoms with Gasteiger partial charge in [0.1, 0.15) is 11.2 Å². The van der Waals surface area contributed by atoms with Gasteiger partial charge in [-0.15, -0.1) is 0 Å². The Morgan fingerprint density at radius 1 is 0.290 bits per heavy atom. The minimum atomic E-state index is -0.554. The summed E-state index contributed by atoms with van der Waals surface area (Å²) >= 11 is 0. The number of para-hydroxylation sites is 1. The van der Waals surface area contributed by atoms with E-state index in [4.69, 9.17) is 14.4 Å². The minimum Gasteiger partial charge on any atom is -0.456 e. The van der Waals surface area contributed by atoms with Crippen LogP contribution >= 0.6 is 0 Å². The maximum absolute atomic E-state index is 6.41. The molecule has 11 aromatic rings. The fourth-order valence-corrected chi connectivity index (χ4v) is 10.5. The van der Waals surface area contributed by atoms with E-state index in [1.807, 2.05) is 12.1 Å². The molecule has 0 saturated heterocycles. The van der Waals surface area contributed by atoms with E-state index < -0.39 is 5.41 Å². The first-order valence-corrected chi connectivity index (χ1v) is 21.2. The van der Waals surface area contributed by atoms with Gasteiger partial charge in [-0.05, 0) is 97.1 Å². The molecule has 0 amide bonds. The summed E-state index contributed by atoms with van der Waals surface area (Å²) in [7, 11) is 0. The van der Waals surface area contributed by atoms with E-state index in [0.29, 0.717) is 5.82 Å². The number of benzene rings is 9. The van der Waals surface area contributed by atoms with Gasteiger partial charge in [0.15, 0.2) is 5.82 Å². The molecule has 9 aromatic carbocycles. The molecule has 1 spiro atoms. The molecular weight excluding hydrogens is 753 g/mol. The van der Waals surface area contributed by atoms with Crippen LogP contribution < -0.4 is 0 Å². The van der Waals surface area contributed by atoms with Crippen LogP contribution in [0.15, 0.2) is 223 Å². The van der Waals surface area contributed by atoms with Crippen LogP contribution in [0.4, 0.5) is 0 Å². The van der Waals surface area contributed by atoms with Crippen LogP contribution in [0.2, 0.25) is 0 Å². The Hall–Kier alpha value is -8.14. The van der Waals surface area contributed by atoms with E-state index in [0.717, 1.165) is 61.1 Å². The van der Waals surface area contributed by atoms with Crippen molar-refractivity contribution in [3.63, 3.8) is 0 Å². The summed E-state index contributed by atoms with van der Waals surface area (Å²) in [6.45, 7) is 0. The molecule has 0 unspecified atom stereocenters. The minimum absolute atomic E-state index is 0.554. The molecule has 0 radical (unpaired) electrons. The lowest BCUT2D eigenvalue weighted by atomic mass is 9.66. The Morgan fingerprint density at radius 3 is 1.50 bits per heavy atom. The monoisotopic (exact) mass is 788 g/mol. The first kappa shape index (κ1) is 34.7. The molecule has 2 heterocycles. The molecule has 3 heteroatoms. The van der Waals surface area contributed by atoms with Crippen molar-refractivity contribution in [2.75, 3.05) is 0 Å². The van der Waals surface area contributed by atoms with Crippen molar-refractivity contribution in [3.8, 4) is 78.4 Å². The molecule has 2 aromatic heterocycles. The van der Waals surface area contributed by atoms with E-state index in [1.54, 1.807) is 0 Å². The second-order valence-electron chi connectivity index (χ2n) is 16.4. The van der Waals surface area contributed by atoms with E-state index in [1.165, 1.54) is 55.6 Å². The normalized spacial score (nSPS) is 13.0. The van der Waals surface area contributed by atoms with Crippen LogP contribution in [0.1, 0.15) is 22.3 Å². The van der Waals surface area contributed by atoms with E-state index in [2.05, 4.69) is 206 Å². The summed E-state index contributed by atoms with van der Waals surface area (Å²) < 4.78 is 6.41. The molecule has 0 bridgehead atoms. The molecule has 3 nitrogen and oxygen atoms in total. The van der Waals surface area contributed by atoms with Gasteiger partial charge in [0.25, 0.3) is 0 Å². The van der Waals surface area contributed by atoms with Gasteiger partial charge >= 0.3 is 0 Å². The lowest BCUT2D eigenvalue weighted by molar-refractivity contribution is 0.669. The van der Waals surface area contributed by atoms with Gasteiger partial charge in [0, 0.05) is 27.5 Å². The van der Waals surface area contributed by atoms with Gasteiger partial charge in [-0.25, -0.2) is 9.97 Å². The third-order valence-electron chi connectivity index (χ3n) is 13.2. The molecule has 62 heavy (non-hydrogen) atoms. The second kappa shape index (κ2) is 13.4. The average molecular weight is 789 g/mol. The van der Waals surface area contributed by atoms with Crippen LogP contribution in [0.5, 0.6) is 0 Å². The Kier molecular flexibility index (Phi) is 7.52. The van der Waals surface area contributed by atoms with Crippen LogP contribution in [0.25, 0.3) is 100 Å². The average Bonchev–Trinajstić information content (AvgIpc) is 3.84. The Morgan fingerprint density at radius 2 is 0.790 bits per heavy atom. The summed E-state index contributed by atoms with van der Waals surface area (Å²) in [6, 6.07) is 78.7. The molecule has 288 valence electrons. The number of hydrogen-bond acceptors (Lipinski definition) is 3. The van der Waals surface area contributed by atoms with Gasteiger partial charge < -0.3 is 4.42 Å². The van der Waals surface area contributed by atoms with Crippen LogP contribution in [0, 0.1) is 0 Å². The lowest BCUT2D eigenvalue weighted by Gasteiger charge is -2.35. The maximum atomic E-state index is 6.41. The summed E-state index contributed by atoms with van der Waals surface area (Å²) in [6.07, 6.45) is 0. The summed E-state index contributed by atoms with van der Waals surface area (Å²) in [5.41, 5.74) is 20.5. The molecule has 2 aliphatic rings. The molecule has 0 fully saturated rings. The highest BCUT2D eigenvalue weighted by Gasteiger charge is 2.49. The quantitative estimate of drug-likeness (QED) is 0.178. The highest BCUT2D eigenvalue weighted by atomic mass is 16.3. The van der Waals surface area contributed by atoms with Crippen molar-refractivity contribution < 1.29 is 4.42 Å². The Balaban J connectivity index is 1.08. The Labute approximate surface area is 359 Å². The first-order valence-electron chi connectivity index (χ1n) is 21.2. The van der Waals surface area contributed by atoms with E-state index in [9.17, 15) is 0 Å². The van der Waals surface area contributed by atoms with E-state index in [-0.39, 0.29) is 0 Å². The summed E-state index contributed by atoms with van der Waals surface area (Å²) in [5, 5.41) is 2.19. The standard InChI is InChI=1S/C59H36N2O/c1-2-16-37(17-3-1)40-18-4-7-24-46(40)55-36-54(38-30-32-48-47-25-11-15-29-56(47)62-57(48)35-38)60-58(61-55)39-31-33-53-49(34-39)42-20-6-5-19-41(42)43-21-8-12-26-50(43)59(53)51-27-13-9-22-44(51)45-23-10-14-28-52(45)59/h1-36H. The smallest absolute Gasteiger partial charge is 0.160 e. The predicted molar refractivity (Wildman–Crippen MR) is 253 cm³/mol. The maximum Gasteiger partial charge on any atom is 0.160 e. The zero-order chi connectivity index (χ0) is 40.8. The van der Waals surface area contributed by atoms with Crippen molar-refractivity contribution in [2.45, 2.75) is 5.41 Å². The molecule has 0 N–H and O–H groups in total. The highest BCUT2D eigenvalue weighted by Crippen LogP contribution is 2.61. The molecular formula is C59H36N2O. The van der Waals surface area contributed by atoms with Crippen molar-refractivity contribution in [2.24, 2.45) is 0 Å². The van der Waals surface area contributed by atoms with Gasteiger partial charge in [0.05, 0.1) is 16.8 Å². The summed E-state index contributed by atoms with van der Waals surface area (Å²) in [5.74, 6) is 0.661. The second-order valence-corrected chi connectivity index (χ2v) is 16.4. The van der Waals surface area contributed by atoms with Crippen LogP contribution in [-0.2, 0) is 5.41 Å². The largest absolute Gasteiger partial charge is 0.456 e. The molecule has 0 saturated carbocycles. The van der Waals surface area contributed by atoms with E-state index >= 15 is 0 Å². The zero-order valence-corrected chi connectivity index (χ0v) is 33.6. The number of aromatic nitrogens is 2. The predicted octanol–water partition coefficient (Wildman–Crippen LogP) is 15.1. The number of fused-ring (bicyclic) bond motifs is 15. The van der Waals surface area contributed by atoms with Crippen molar-refractivity contribution in [1.29, 1.82) is 0 Å². The van der Waals surface area contributed by atoms with Gasteiger partial charge in [-0.2, -0.15) is 0 Å². The zero-order valence-electron chi connectivity index (χ0n) is 33.6. The summed E-state index contributed by atoms with van der Waals surface area (Å²) in [4.78, 5) is 10.9. The number of hydrogen-bond donors (Lipinski definition) is 0. The molecule has 13 rings (SSSR count). The number of nitrogens with zero attached hydrogens (tertiary/aromatic N) is 2. The van der Waals surface area contributed by atoms with Crippen LogP contribution in [-0.4, -0.2) is 9.97 Å². The van der Waals surface area contributed by atoms with Crippen molar-refractivity contribution in [1.82, 2.24) is 9.97 Å². The lowest BCUT2D eigenvalue weighted by Crippen LogP contribution is -2.29. The molecule has 2 aliphatic carbocycles. The van der Waals surface area contributed by atoms with Crippen LogP contribution in [0.3, 0.4) is 0 Å². The first-order chi connectivity index (χ1) is 30.7. The highest BCUT2D eigenvalue weighted by molar-refractivity contribution is 6.06. The van der Waals surface area contributed by atoms with Crippen molar-refractivity contribution >= 4 is 21.9 Å². The Bertz CT molecular complexity index is 3550. The van der Waals surface area contributed by atoms with Gasteiger partial charge in [-0.3, -0.25) is 0 Å². The number of rotatable bonds is 4. The fraction of sp³-hybridized carbons (Fsp3) is 0.0169. The molecule has 0 atom stereocenters. The van der Waals surface area contributed by atoms with Gasteiger partial charge in [-0.1, -0.05) is 188 Å². The van der Waals surface area contributed by atoms with Crippen molar-refractivity contribution in [3.05, 3.63) is 241 Å². The van der Waals surface area contributed by atoms with Gasteiger partial charge in [0.2, 0.25) is 0 Å². The number of furan rings is 1.